The second-order valence-electron chi connectivity index (χ2n) is 9.65. The average molecular weight is 558 g/mol. The molecule has 210 valence electrons. The summed E-state index contributed by atoms with van der Waals surface area (Å²) in [6.45, 7) is 7.49. The minimum absolute atomic E-state index is 0.0101. The van der Waals surface area contributed by atoms with E-state index in [-0.39, 0.29) is 11.8 Å². The van der Waals surface area contributed by atoms with Crippen LogP contribution in [0, 0.1) is 0 Å². The lowest BCUT2D eigenvalue weighted by Crippen LogP contribution is -2.30. The Balaban J connectivity index is 1.60. The van der Waals surface area contributed by atoms with Gasteiger partial charge in [-0.05, 0) is 44.0 Å². The van der Waals surface area contributed by atoms with E-state index in [1.54, 1.807) is 25.6 Å². The quantitative estimate of drug-likeness (QED) is 0.169. The minimum atomic E-state index is -0.0101. The van der Waals surface area contributed by atoms with Gasteiger partial charge in [0.15, 0.2) is 0 Å². The maximum absolute atomic E-state index is 12.9. The molecule has 0 radical (unpaired) electrons. The van der Waals surface area contributed by atoms with Gasteiger partial charge in [-0.25, -0.2) is 4.98 Å². The van der Waals surface area contributed by atoms with Crippen molar-refractivity contribution in [3.05, 3.63) is 112 Å². The van der Waals surface area contributed by atoms with Crippen molar-refractivity contribution in [3.8, 4) is 11.5 Å². The molecule has 0 unspecified atom stereocenters. The molecular weight excluding hydrogens is 518 g/mol. The van der Waals surface area contributed by atoms with Crippen LogP contribution in [0.2, 0.25) is 0 Å². The lowest BCUT2D eigenvalue weighted by atomic mass is 9.88. The Labute approximate surface area is 242 Å². The van der Waals surface area contributed by atoms with E-state index < -0.39 is 0 Å². The van der Waals surface area contributed by atoms with Crippen LogP contribution in [-0.2, 0) is 13.1 Å². The Kier molecular flexibility index (Phi) is 10.7. The summed E-state index contributed by atoms with van der Waals surface area (Å²) in [6, 6.07) is 27.3. The van der Waals surface area contributed by atoms with E-state index in [0.717, 1.165) is 35.0 Å². The molecule has 3 aromatic carbocycles. The first-order valence-corrected chi connectivity index (χ1v) is 14.7. The zero-order valence-electron chi connectivity index (χ0n) is 23.9. The van der Waals surface area contributed by atoms with Crippen LogP contribution in [-0.4, -0.2) is 54.5 Å². The SMILES string of the molecule is CCN(CC)C(=O)c1csc(CN(CCC(c2ccccc2)c2ccccc2)Cc2ccc(OC)cc2OC)n1. The van der Waals surface area contributed by atoms with Crippen molar-refractivity contribution in [1.29, 1.82) is 0 Å². The number of benzene rings is 3. The van der Waals surface area contributed by atoms with Gasteiger partial charge in [-0.3, -0.25) is 9.69 Å². The molecule has 4 aromatic rings. The first kappa shape index (κ1) is 29.3. The summed E-state index contributed by atoms with van der Waals surface area (Å²) in [6.07, 6.45) is 0.934. The molecule has 0 saturated carbocycles. The van der Waals surface area contributed by atoms with E-state index in [2.05, 4.69) is 71.6 Å². The second-order valence-corrected chi connectivity index (χ2v) is 10.6. The van der Waals surface area contributed by atoms with Gasteiger partial charge in [0.2, 0.25) is 0 Å². The molecular formula is C33H39N3O3S. The van der Waals surface area contributed by atoms with E-state index in [1.807, 2.05) is 36.3 Å². The van der Waals surface area contributed by atoms with Crippen molar-refractivity contribution >= 4 is 17.2 Å². The summed E-state index contributed by atoms with van der Waals surface area (Å²) in [5.74, 6) is 1.81. The topological polar surface area (TPSA) is 54.9 Å². The first-order chi connectivity index (χ1) is 19.6. The predicted octanol–water partition coefficient (Wildman–Crippen LogP) is 6.87. The molecule has 0 atom stereocenters. The number of aromatic nitrogens is 1. The number of thiazole rings is 1. The highest BCUT2D eigenvalue weighted by Gasteiger charge is 2.21. The monoisotopic (exact) mass is 557 g/mol. The Morgan fingerprint density at radius 2 is 1.52 bits per heavy atom. The van der Waals surface area contributed by atoms with Gasteiger partial charge in [0.05, 0.1) is 20.8 Å². The molecule has 0 N–H and O–H groups in total. The second kappa shape index (κ2) is 14.6. The number of ether oxygens (including phenoxy) is 2. The molecule has 0 fully saturated rings. The standard InChI is InChI=1S/C33H39N3O3S/c1-5-36(6-2)33(37)30-24-40-32(34-30)23-35(22-27-17-18-28(38-3)21-31(27)39-4)20-19-29(25-13-9-7-10-14-25)26-15-11-8-12-16-26/h7-18,21,24,29H,5-6,19-20,22-23H2,1-4H3. The van der Waals surface area contributed by atoms with Crippen molar-refractivity contribution in [1.82, 2.24) is 14.8 Å². The third-order valence-corrected chi connectivity index (χ3v) is 8.04. The number of hydrogen-bond acceptors (Lipinski definition) is 6. The highest BCUT2D eigenvalue weighted by atomic mass is 32.1. The fourth-order valence-electron chi connectivity index (χ4n) is 4.99. The van der Waals surface area contributed by atoms with Crippen molar-refractivity contribution in [2.24, 2.45) is 0 Å². The van der Waals surface area contributed by atoms with Crippen LogP contribution in [0.1, 0.15) is 58.4 Å². The molecule has 0 bridgehead atoms. The Hall–Kier alpha value is -3.68. The van der Waals surface area contributed by atoms with Crippen molar-refractivity contribution in [3.63, 3.8) is 0 Å². The fraction of sp³-hybridized carbons (Fsp3) is 0.333. The van der Waals surface area contributed by atoms with Crippen molar-refractivity contribution in [2.45, 2.75) is 39.3 Å². The maximum Gasteiger partial charge on any atom is 0.273 e. The van der Waals surface area contributed by atoms with E-state index in [4.69, 9.17) is 14.5 Å². The molecule has 1 heterocycles. The van der Waals surface area contributed by atoms with Crippen LogP contribution in [0.25, 0.3) is 0 Å². The van der Waals surface area contributed by atoms with E-state index in [1.165, 1.54) is 11.1 Å². The fourth-order valence-corrected chi connectivity index (χ4v) is 5.80. The molecule has 0 spiro atoms. The van der Waals surface area contributed by atoms with Crippen LogP contribution < -0.4 is 9.47 Å². The number of hydrogen-bond donors (Lipinski definition) is 0. The summed E-state index contributed by atoms with van der Waals surface area (Å²) in [7, 11) is 3.35. The number of amides is 1. The van der Waals surface area contributed by atoms with Gasteiger partial charge in [-0.2, -0.15) is 0 Å². The third kappa shape index (κ3) is 7.49. The number of carbonyl (C=O) groups excluding carboxylic acids is 1. The number of methoxy groups -OCH3 is 2. The van der Waals surface area contributed by atoms with Crippen molar-refractivity contribution in [2.75, 3.05) is 33.9 Å². The Morgan fingerprint density at radius 3 is 2.10 bits per heavy atom. The highest BCUT2D eigenvalue weighted by Crippen LogP contribution is 2.30. The van der Waals surface area contributed by atoms with Crippen LogP contribution >= 0.6 is 11.3 Å². The van der Waals surface area contributed by atoms with Crippen LogP contribution in [0.3, 0.4) is 0 Å². The van der Waals surface area contributed by atoms with Gasteiger partial charge in [0.1, 0.15) is 22.2 Å². The normalized spacial score (nSPS) is 11.2. The number of rotatable bonds is 14. The van der Waals surface area contributed by atoms with E-state index in [9.17, 15) is 4.79 Å². The van der Waals surface area contributed by atoms with Gasteiger partial charge in [-0.1, -0.05) is 66.7 Å². The maximum atomic E-state index is 12.9. The molecule has 0 saturated heterocycles. The summed E-state index contributed by atoms with van der Waals surface area (Å²) in [5, 5.41) is 2.82. The molecule has 40 heavy (non-hydrogen) atoms. The van der Waals surface area contributed by atoms with Gasteiger partial charge >= 0.3 is 0 Å². The van der Waals surface area contributed by atoms with Gasteiger partial charge in [-0.15, -0.1) is 11.3 Å². The van der Waals surface area contributed by atoms with Crippen LogP contribution in [0.15, 0.2) is 84.2 Å². The molecule has 0 aliphatic rings. The average Bonchev–Trinajstić information content (AvgIpc) is 3.47. The van der Waals surface area contributed by atoms with E-state index in [0.29, 0.717) is 31.9 Å². The minimum Gasteiger partial charge on any atom is -0.497 e. The summed E-state index contributed by atoms with van der Waals surface area (Å²) >= 11 is 1.55. The summed E-state index contributed by atoms with van der Waals surface area (Å²) in [5.41, 5.74) is 4.21. The van der Waals surface area contributed by atoms with Crippen LogP contribution in [0.5, 0.6) is 11.5 Å². The molecule has 1 amide bonds. The smallest absolute Gasteiger partial charge is 0.273 e. The number of nitrogens with zero attached hydrogens (tertiary/aromatic N) is 3. The molecule has 7 heteroatoms. The number of carbonyl (C=O) groups is 1. The molecule has 1 aromatic heterocycles. The Bertz CT molecular complexity index is 1300. The van der Waals surface area contributed by atoms with E-state index >= 15 is 0 Å². The molecule has 6 nitrogen and oxygen atoms in total. The zero-order valence-corrected chi connectivity index (χ0v) is 24.7. The Morgan fingerprint density at radius 1 is 0.875 bits per heavy atom. The lowest BCUT2D eigenvalue weighted by molar-refractivity contribution is 0.0767. The molecule has 0 aliphatic carbocycles. The highest BCUT2D eigenvalue weighted by molar-refractivity contribution is 7.09. The zero-order chi connectivity index (χ0) is 28.3. The molecule has 4 rings (SSSR count). The van der Waals surface area contributed by atoms with Crippen molar-refractivity contribution < 1.29 is 14.3 Å². The largest absolute Gasteiger partial charge is 0.497 e. The third-order valence-electron chi connectivity index (χ3n) is 7.21. The first-order valence-electron chi connectivity index (χ1n) is 13.8. The van der Waals surface area contributed by atoms with Crippen LogP contribution in [0.4, 0.5) is 0 Å². The predicted molar refractivity (Wildman–Crippen MR) is 162 cm³/mol. The summed E-state index contributed by atoms with van der Waals surface area (Å²) < 4.78 is 11.1. The van der Waals surface area contributed by atoms with Gasteiger partial charge in [0.25, 0.3) is 5.91 Å². The van der Waals surface area contributed by atoms with Gasteiger partial charge in [0, 0.05) is 42.6 Å². The summed E-state index contributed by atoms with van der Waals surface area (Å²) in [4.78, 5) is 21.9. The van der Waals surface area contributed by atoms with Gasteiger partial charge < -0.3 is 14.4 Å². The molecule has 0 aliphatic heterocycles. The lowest BCUT2D eigenvalue weighted by Gasteiger charge is -2.26.